The van der Waals surface area contributed by atoms with Crippen LogP contribution in [0.5, 0.6) is 5.88 Å². The second-order valence-electron chi connectivity index (χ2n) is 4.93. The quantitative estimate of drug-likeness (QED) is 0.457. The summed E-state index contributed by atoms with van der Waals surface area (Å²) in [5.74, 6) is 0.388. The van der Waals surface area contributed by atoms with Gasteiger partial charge in [-0.3, -0.25) is 4.79 Å². The SMILES string of the molecule is C=CCCOc1ccc(=O)n(Cc2cccc(C(O)OC)c2)n1. The maximum atomic E-state index is 11.9. The fraction of sp³-hybridized carbons (Fsp3) is 0.294. The topological polar surface area (TPSA) is 73.6 Å². The normalized spacial score (nSPS) is 11.9. The maximum absolute atomic E-state index is 11.9. The molecule has 1 aromatic heterocycles. The summed E-state index contributed by atoms with van der Waals surface area (Å²) in [5, 5.41) is 13.9. The van der Waals surface area contributed by atoms with Crippen molar-refractivity contribution in [2.75, 3.05) is 13.7 Å². The molecule has 1 unspecified atom stereocenters. The highest BCUT2D eigenvalue weighted by Crippen LogP contribution is 2.15. The minimum atomic E-state index is -0.992. The smallest absolute Gasteiger partial charge is 0.267 e. The van der Waals surface area contributed by atoms with Gasteiger partial charge in [-0.25, -0.2) is 4.68 Å². The van der Waals surface area contributed by atoms with Crippen LogP contribution in [0, 0.1) is 0 Å². The average Bonchev–Trinajstić information content (AvgIpc) is 2.57. The maximum Gasteiger partial charge on any atom is 0.267 e. The van der Waals surface area contributed by atoms with Crippen LogP contribution in [0.2, 0.25) is 0 Å². The molecule has 6 nitrogen and oxygen atoms in total. The minimum absolute atomic E-state index is 0.223. The van der Waals surface area contributed by atoms with Gasteiger partial charge in [-0.15, -0.1) is 11.7 Å². The minimum Gasteiger partial charge on any atom is -0.476 e. The van der Waals surface area contributed by atoms with Gasteiger partial charge in [0, 0.05) is 24.8 Å². The molecule has 1 aromatic carbocycles. The van der Waals surface area contributed by atoms with Crippen molar-refractivity contribution in [2.45, 2.75) is 19.3 Å². The molecule has 0 aliphatic carbocycles. The van der Waals surface area contributed by atoms with E-state index in [9.17, 15) is 9.90 Å². The Labute approximate surface area is 134 Å². The van der Waals surface area contributed by atoms with Crippen LogP contribution < -0.4 is 10.3 Å². The highest BCUT2D eigenvalue weighted by molar-refractivity contribution is 5.24. The number of aliphatic hydroxyl groups excluding tert-OH is 1. The Morgan fingerprint density at radius 1 is 1.39 bits per heavy atom. The molecule has 2 aromatic rings. The lowest BCUT2D eigenvalue weighted by Crippen LogP contribution is -2.23. The fourth-order valence-electron chi connectivity index (χ4n) is 2.02. The van der Waals surface area contributed by atoms with Crippen LogP contribution in [0.4, 0.5) is 0 Å². The second kappa shape index (κ2) is 8.26. The van der Waals surface area contributed by atoms with E-state index in [1.54, 1.807) is 30.3 Å². The van der Waals surface area contributed by atoms with Crippen LogP contribution in [0.15, 0.2) is 53.8 Å². The summed E-state index contributed by atoms with van der Waals surface area (Å²) in [5.41, 5.74) is 1.23. The van der Waals surface area contributed by atoms with Crippen molar-refractivity contribution in [1.82, 2.24) is 9.78 Å². The Balaban J connectivity index is 2.17. The third-order valence-electron chi connectivity index (χ3n) is 3.21. The monoisotopic (exact) mass is 316 g/mol. The molecule has 1 atom stereocenters. The van der Waals surface area contributed by atoms with Crippen LogP contribution in [-0.4, -0.2) is 28.6 Å². The summed E-state index contributed by atoms with van der Waals surface area (Å²) < 4.78 is 11.7. The molecule has 1 heterocycles. The number of hydrogen-bond acceptors (Lipinski definition) is 5. The van der Waals surface area contributed by atoms with Gasteiger partial charge in [-0.2, -0.15) is 0 Å². The van der Waals surface area contributed by atoms with Crippen LogP contribution in [0.1, 0.15) is 23.8 Å². The molecule has 0 saturated carbocycles. The number of hydrogen-bond donors (Lipinski definition) is 1. The Bertz CT molecular complexity index is 712. The Hall–Kier alpha value is -2.44. The predicted octanol–water partition coefficient (Wildman–Crippen LogP) is 1.88. The van der Waals surface area contributed by atoms with Gasteiger partial charge in [0.15, 0.2) is 6.29 Å². The molecule has 0 saturated heterocycles. The van der Waals surface area contributed by atoms with Gasteiger partial charge in [0.05, 0.1) is 13.2 Å². The average molecular weight is 316 g/mol. The fourth-order valence-corrected chi connectivity index (χ4v) is 2.02. The van der Waals surface area contributed by atoms with Crippen molar-refractivity contribution in [2.24, 2.45) is 0 Å². The van der Waals surface area contributed by atoms with E-state index in [1.165, 1.54) is 17.9 Å². The first-order valence-corrected chi connectivity index (χ1v) is 7.25. The second-order valence-corrected chi connectivity index (χ2v) is 4.93. The van der Waals surface area contributed by atoms with Crippen molar-refractivity contribution in [1.29, 1.82) is 0 Å². The number of ether oxygens (including phenoxy) is 2. The summed E-state index contributed by atoms with van der Waals surface area (Å²) in [6.07, 6.45) is 1.47. The number of methoxy groups -OCH3 is 1. The van der Waals surface area contributed by atoms with Gasteiger partial charge in [0.1, 0.15) is 0 Å². The highest BCUT2D eigenvalue weighted by atomic mass is 16.6. The number of benzene rings is 1. The van der Waals surface area contributed by atoms with E-state index in [2.05, 4.69) is 11.7 Å². The van der Waals surface area contributed by atoms with E-state index in [-0.39, 0.29) is 12.1 Å². The molecule has 2 rings (SSSR count). The lowest BCUT2D eigenvalue weighted by molar-refractivity contribution is -0.0769. The summed E-state index contributed by atoms with van der Waals surface area (Å²) in [6, 6.07) is 10.1. The number of nitrogens with zero attached hydrogens (tertiary/aromatic N) is 2. The summed E-state index contributed by atoms with van der Waals surface area (Å²) >= 11 is 0. The summed E-state index contributed by atoms with van der Waals surface area (Å²) in [7, 11) is 1.42. The molecule has 0 bridgehead atoms. The lowest BCUT2D eigenvalue weighted by Gasteiger charge is -2.11. The summed E-state index contributed by atoms with van der Waals surface area (Å²) in [6.45, 7) is 4.36. The van der Waals surface area contributed by atoms with E-state index < -0.39 is 6.29 Å². The predicted molar refractivity (Wildman–Crippen MR) is 86.3 cm³/mol. The molecule has 0 amide bonds. The molecular formula is C17H20N2O4. The van der Waals surface area contributed by atoms with Crippen molar-refractivity contribution >= 4 is 0 Å². The third kappa shape index (κ3) is 4.77. The molecule has 0 spiro atoms. The first kappa shape index (κ1) is 16.9. The first-order chi connectivity index (χ1) is 11.1. The standard InChI is InChI=1S/C17H20N2O4/c1-3-4-10-23-15-8-9-16(20)19(18-15)12-13-6-5-7-14(11-13)17(21)22-2/h3,5-9,11,17,21H,1,4,10,12H2,2H3. The van der Waals surface area contributed by atoms with Gasteiger partial charge in [-0.05, 0) is 18.1 Å². The van der Waals surface area contributed by atoms with Crippen molar-refractivity contribution in [3.05, 3.63) is 70.5 Å². The Morgan fingerprint density at radius 2 is 2.22 bits per heavy atom. The molecule has 0 aliphatic rings. The van der Waals surface area contributed by atoms with Crippen molar-refractivity contribution in [3.63, 3.8) is 0 Å². The van der Waals surface area contributed by atoms with Crippen LogP contribution in [0.25, 0.3) is 0 Å². The van der Waals surface area contributed by atoms with Gasteiger partial charge >= 0.3 is 0 Å². The molecule has 1 N–H and O–H groups in total. The lowest BCUT2D eigenvalue weighted by atomic mass is 10.1. The van der Waals surface area contributed by atoms with E-state index in [1.807, 2.05) is 6.07 Å². The van der Waals surface area contributed by atoms with Gasteiger partial charge in [0.2, 0.25) is 5.88 Å². The largest absolute Gasteiger partial charge is 0.476 e. The summed E-state index contributed by atoms with van der Waals surface area (Å²) in [4.78, 5) is 11.9. The van der Waals surface area contributed by atoms with Gasteiger partial charge in [-0.1, -0.05) is 24.3 Å². The zero-order valence-corrected chi connectivity index (χ0v) is 13.0. The number of aliphatic hydroxyl groups is 1. The van der Waals surface area contributed by atoms with Crippen molar-refractivity contribution < 1.29 is 14.6 Å². The number of rotatable bonds is 8. The van der Waals surface area contributed by atoms with E-state index in [0.29, 0.717) is 24.5 Å². The van der Waals surface area contributed by atoms with E-state index in [0.717, 1.165) is 5.56 Å². The Kier molecular flexibility index (Phi) is 6.08. The molecule has 0 radical (unpaired) electrons. The molecular weight excluding hydrogens is 296 g/mol. The molecule has 122 valence electrons. The third-order valence-corrected chi connectivity index (χ3v) is 3.21. The molecule has 6 heteroatoms. The molecule has 23 heavy (non-hydrogen) atoms. The molecule has 0 aliphatic heterocycles. The molecule has 0 fully saturated rings. The van der Waals surface area contributed by atoms with E-state index in [4.69, 9.17) is 9.47 Å². The van der Waals surface area contributed by atoms with Gasteiger partial charge < -0.3 is 14.6 Å². The van der Waals surface area contributed by atoms with Crippen LogP contribution in [0.3, 0.4) is 0 Å². The zero-order valence-electron chi connectivity index (χ0n) is 13.0. The van der Waals surface area contributed by atoms with E-state index >= 15 is 0 Å². The number of aromatic nitrogens is 2. The highest BCUT2D eigenvalue weighted by Gasteiger charge is 2.08. The van der Waals surface area contributed by atoms with Crippen molar-refractivity contribution in [3.8, 4) is 5.88 Å². The van der Waals surface area contributed by atoms with Crippen LogP contribution >= 0.6 is 0 Å². The Morgan fingerprint density at radius 3 is 2.96 bits per heavy atom. The zero-order chi connectivity index (χ0) is 16.7. The van der Waals surface area contributed by atoms with Gasteiger partial charge in [0.25, 0.3) is 5.56 Å². The van der Waals surface area contributed by atoms with Crippen LogP contribution in [-0.2, 0) is 11.3 Å². The first-order valence-electron chi connectivity index (χ1n) is 7.25.